The third-order valence-corrected chi connectivity index (χ3v) is 5.88. The first kappa shape index (κ1) is 23.0. The van der Waals surface area contributed by atoms with Crippen LogP contribution in [0, 0.1) is 0 Å². The lowest BCUT2D eigenvalue weighted by atomic mass is 10.2. The topological polar surface area (TPSA) is 191 Å². The van der Waals surface area contributed by atoms with Crippen molar-refractivity contribution in [3.8, 4) is 0 Å². The van der Waals surface area contributed by atoms with Gasteiger partial charge in [0.25, 0.3) is 11.8 Å². The molecule has 13 heteroatoms. The van der Waals surface area contributed by atoms with Gasteiger partial charge >= 0.3 is 0 Å². The highest BCUT2D eigenvalue weighted by Gasteiger charge is 2.15. The first-order valence-corrected chi connectivity index (χ1v) is 11.9. The van der Waals surface area contributed by atoms with E-state index in [2.05, 4.69) is 15.6 Å². The Hall–Kier alpha value is -3.65. The molecule has 0 unspecified atom stereocenters. The van der Waals surface area contributed by atoms with Crippen LogP contribution in [-0.4, -0.2) is 33.6 Å². The van der Waals surface area contributed by atoms with Gasteiger partial charge in [0, 0.05) is 11.4 Å². The average molecular weight is 476 g/mol. The normalized spacial score (nSPS) is 11.6. The molecule has 1 heterocycles. The number of nitrogens with one attached hydrogen (secondary N) is 2. The van der Waals surface area contributed by atoms with Crippen molar-refractivity contribution >= 4 is 43.2 Å². The molecular weight excluding hydrogens is 458 g/mol. The van der Waals surface area contributed by atoms with Crippen molar-refractivity contribution in [1.29, 1.82) is 0 Å². The molecule has 0 aliphatic heterocycles. The number of carbonyl (C=O) groups excluding carboxylic acids is 2. The average Bonchev–Trinajstić information content (AvgIpc) is 2.73. The second kappa shape index (κ2) is 8.84. The fourth-order valence-corrected chi connectivity index (χ4v) is 3.70. The van der Waals surface area contributed by atoms with Gasteiger partial charge in [-0.05, 0) is 48.5 Å². The van der Waals surface area contributed by atoms with E-state index in [9.17, 15) is 26.4 Å². The van der Waals surface area contributed by atoms with E-state index in [4.69, 9.17) is 10.3 Å². The first-order chi connectivity index (χ1) is 14.9. The van der Waals surface area contributed by atoms with Crippen molar-refractivity contribution < 1.29 is 26.4 Å². The second-order valence-corrected chi connectivity index (χ2v) is 9.58. The van der Waals surface area contributed by atoms with Crippen molar-refractivity contribution in [2.24, 2.45) is 10.3 Å². The number of hydrogen-bond acceptors (Lipinski definition) is 7. The number of nitrogens with zero attached hydrogens (tertiary/aromatic N) is 1. The largest absolute Gasteiger partial charge is 0.321 e. The van der Waals surface area contributed by atoms with Gasteiger partial charge in [0.1, 0.15) is 11.4 Å². The fraction of sp³-hybridized carbons (Fsp3) is 0. The Morgan fingerprint density at radius 1 is 0.656 bits per heavy atom. The standard InChI is InChI=1S/C19H17N5O6S2/c20-31(27,28)14-6-1-4-12(10-14)22-18(25)16-8-3-9-17(24-16)19(26)23-13-5-2-7-15(11-13)32(21,29)30/h1-11H,(H,22,25)(H,23,26)(H2,20,27,28)(H2,21,29,30). The van der Waals surface area contributed by atoms with Crippen molar-refractivity contribution in [2.75, 3.05) is 10.6 Å². The highest BCUT2D eigenvalue weighted by molar-refractivity contribution is 7.89. The number of benzene rings is 2. The molecule has 11 nitrogen and oxygen atoms in total. The zero-order valence-electron chi connectivity index (χ0n) is 16.2. The molecule has 6 N–H and O–H groups in total. The van der Waals surface area contributed by atoms with Gasteiger partial charge in [0.15, 0.2) is 0 Å². The van der Waals surface area contributed by atoms with E-state index in [1.54, 1.807) is 0 Å². The number of amides is 2. The summed E-state index contributed by atoms with van der Waals surface area (Å²) in [5, 5.41) is 15.1. The zero-order valence-corrected chi connectivity index (χ0v) is 17.9. The summed E-state index contributed by atoms with van der Waals surface area (Å²) in [7, 11) is -7.90. The molecule has 0 fully saturated rings. The third-order valence-electron chi connectivity index (χ3n) is 4.06. The maximum absolute atomic E-state index is 12.5. The van der Waals surface area contributed by atoms with Gasteiger partial charge in [0.05, 0.1) is 9.79 Å². The number of anilines is 2. The molecule has 166 valence electrons. The van der Waals surface area contributed by atoms with Crippen LogP contribution in [0.4, 0.5) is 11.4 Å². The van der Waals surface area contributed by atoms with Crippen molar-refractivity contribution in [1.82, 2.24) is 4.98 Å². The maximum atomic E-state index is 12.5. The molecule has 0 atom stereocenters. The minimum Gasteiger partial charge on any atom is -0.321 e. The molecule has 0 aliphatic rings. The monoisotopic (exact) mass is 475 g/mol. The minimum atomic E-state index is -3.95. The molecule has 3 rings (SSSR count). The van der Waals surface area contributed by atoms with Crippen LogP contribution < -0.4 is 20.9 Å². The Morgan fingerprint density at radius 3 is 1.41 bits per heavy atom. The Labute approximate surface area is 183 Å². The summed E-state index contributed by atoms with van der Waals surface area (Å²) >= 11 is 0. The molecule has 0 aliphatic carbocycles. The number of primary sulfonamides is 2. The summed E-state index contributed by atoms with van der Waals surface area (Å²) in [4.78, 5) is 28.6. The number of sulfonamides is 2. The van der Waals surface area contributed by atoms with E-state index >= 15 is 0 Å². The Bertz CT molecular complexity index is 1320. The Balaban J connectivity index is 1.78. The fourth-order valence-electron chi connectivity index (χ4n) is 2.58. The van der Waals surface area contributed by atoms with Gasteiger partial charge in [-0.25, -0.2) is 32.1 Å². The number of aromatic nitrogens is 1. The van der Waals surface area contributed by atoms with E-state index < -0.39 is 31.9 Å². The van der Waals surface area contributed by atoms with Crippen molar-refractivity contribution in [3.05, 3.63) is 78.1 Å². The Kier molecular flexibility index (Phi) is 6.36. The lowest BCUT2D eigenvalue weighted by Gasteiger charge is -2.09. The van der Waals surface area contributed by atoms with E-state index in [0.717, 1.165) is 0 Å². The van der Waals surface area contributed by atoms with E-state index in [0.29, 0.717) is 0 Å². The molecule has 0 saturated heterocycles. The van der Waals surface area contributed by atoms with E-state index in [-0.39, 0.29) is 32.6 Å². The summed E-state index contributed by atoms with van der Waals surface area (Å²) in [6, 6.07) is 14.8. The predicted octanol–water partition coefficient (Wildman–Crippen LogP) is 0.881. The van der Waals surface area contributed by atoms with Crippen LogP contribution in [0.5, 0.6) is 0 Å². The van der Waals surface area contributed by atoms with E-state index in [1.807, 2.05) is 0 Å². The smallest absolute Gasteiger partial charge is 0.274 e. The van der Waals surface area contributed by atoms with Gasteiger partial charge in [0.2, 0.25) is 20.0 Å². The van der Waals surface area contributed by atoms with Crippen LogP contribution in [0.1, 0.15) is 21.0 Å². The summed E-state index contributed by atoms with van der Waals surface area (Å²) < 4.78 is 45.8. The van der Waals surface area contributed by atoms with Crippen LogP contribution in [0.2, 0.25) is 0 Å². The summed E-state index contributed by atoms with van der Waals surface area (Å²) in [5.41, 5.74) is 0.102. The molecule has 3 aromatic rings. The number of rotatable bonds is 6. The van der Waals surface area contributed by atoms with Crippen LogP contribution in [-0.2, 0) is 20.0 Å². The molecule has 0 spiro atoms. The van der Waals surface area contributed by atoms with Crippen molar-refractivity contribution in [3.63, 3.8) is 0 Å². The molecular formula is C19H17N5O6S2. The second-order valence-electron chi connectivity index (χ2n) is 6.46. The zero-order chi connectivity index (χ0) is 23.5. The molecule has 32 heavy (non-hydrogen) atoms. The summed E-state index contributed by atoms with van der Waals surface area (Å²) in [6.07, 6.45) is 0. The molecule has 0 bridgehead atoms. The summed E-state index contributed by atoms with van der Waals surface area (Å²) in [6.45, 7) is 0. The molecule has 0 saturated carbocycles. The highest BCUT2D eigenvalue weighted by Crippen LogP contribution is 2.17. The third kappa shape index (κ3) is 5.73. The first-order valence-electron chi connectivity index (χ1n) is 8.79. The summed E-state index contributed by atoms with van der Waals surface area (Å²) in [5.74, 6) is -1.38. The minimum absolute atomic E-state index is 0.114. The Morgan fingerprint density at radius 2 is 1.03 bits per heavy atom. The molecule has 2 amide bonds. The quantitative estimate of drug-likeness (QED) is 0.406. The van der Waals surface area contributed by atoms with Crippen LogP contribution in [0.25, 0.3) is 0 Å². The lowest BCUT2D eigenvalue weighted by Crippen LogP contribution is -2.19. The van der Waals surface area contributed by atoms with Crippen LogP contribution in [0.3, 0.4) is 0 Å². The predicted molar refractivity (Wildman–Crippen MR) is 116 cm³/mol. The number of nitrogens with two attached hydrogens (primary N) is 2. The van der Waals surface area contributed by atoms with Crippen LogP contribution in [0.15, 0.2) is 76.5 Å². The SMILES string of the molecule is NS(=O)(=O)c1cccc(NC(=O)c2cccc(C(=O)Nc3cccc(S(N)(=O)=O)c3)n2)c1. The van der Waals surface area contributed by atoms with E-state index in [1.165, 1.54) is 66.7 Å². The number of carbonyl (C=O) groups is 2. The van der Waals surface area contributed by atoms with Gasteiger partial charge in [-0.3, -0.25) is 9.59 Å². The van der Waals surface area contributed by atoms with Crippen LogP contribution >= 0.6 is 0 Å². The number of pyridine rings is 1. The lowest BCUT2D eigenvalue weighted by molar-refractivity contribution is 0.101. The number of hydrogen-bond donors (Lipinski definition) is 4. The van der Waals surface area contributed by atoms with Crippen molar-refractivity contribution in [2.45, 2.75) is 9.79 Å². The molecule has 0 radical (unpaired) electrons. The molecule has 2 aromatic carbocycles. The maximum Gasteiger partial charge on any atom is 0.274 e. The molecule has 1 aromatic heterocycles. The van der Waals surface area contributed by atoms with Gasteiger partial charge in [-0.15, -0.1) is 0 Å². The van der Waals surface area contributed by atoms with Gasteiger partial charge < -0.3 is 10.6 Å². The van der Waals surface area contributed by atoms with Gasteiger partial charge in [-0.2, -0.15) is 0 Å². The van der Waals surface area contributed by atoms with Gasteiger partial charge in [-0.1, -0.05) is 18.2 Å². The highest BCUT2D eigenvalue weighted by atomic mass is 32.2.